The summed E-state index contributed by atoms with van der Waals surface area (Å²) in [7, 11) is 0. The monoisotopic (exact) mass is 226 g/mol. The molecule has 1 fully saturated rings. The van der Waals surface area contributed by atoms with Crippen LogP contribution in [0.4, 0.5) is 0 Å². The highest BCUT2D eigenvalue weighted by Crippen LogP contribution is 2.16. The second-order valence-electron chi connectivity index (χ2n) is 5.69. The highest BCUT2D eigenvalue weighted by Gasteiger charge is 2.15. The number of nitrogens with one attached hydrogen (secondary N) is 1. The molecule has 0 aromatic carbocycles. The Morgan fingerprint density at radius 3 is 2.81 bits per heavy atom. The molecule has 2 nitrogen and oxygen atoms in total. The summed E-state index contributed by atoms with van der Waals surface area (Å²) >= 11 is 0. The van der Waals surface area contributed by atoms with Gasteiger partial charge < -0.3 is 10.2 Å². The fourth-order valence-electron chi connectivity index (χ4n) is 2.46. The molecule has 0 aromatic rings. The van der Waals surface area contributed by atoms with E-state index in [4.69, 9.17) is 0 Å². The van der Waals surface area contributed by atoms with Crippen LogP contribution in [0.3, 0.4) is 0 Å². The number of hydrogen-bond acceptors (Lipinski definition) is 2. The first-order chi connectivity index (χ1) is 7.70. The van der Waals surface area contributed by atoms with Gasteiger partial charge in [-0.3, -0.25) is 0 Å². The van der Waals surface area contributed by atoms with Crippen molar-refractivity contribution < 1.29 is 0 Å². The molecule has 0 spiro atoms. The molecule has 1 atom stereocenters. The van der Waals surface area contributed by atoms with Gasteiger partial charge in [0.05, 0.1) is 0 Å². The van der Waals surface area contributed by atoms with Crippen LogP contribution in [0.2, 0.25) is 0 Å². The van der Waals surface area contributed by atoms with E-state index in [2.05, 4.69) is 31.0 Å². The third kappa shape index (κ3) is 5.86. The maximum Gasteiger partial charge on any atom is 0.00669 e. The van der Waals surface area contributed by atoms with Crippen molar-refractivity contribution >= 4 is 0 Å². The van der Waals surface area contributed by atoms with Crippen LogP contribution in [-0.2, 0) is 0 Å². The van der Waals surface area contributed by atoms with Crippen molar-refractivity contribution in [3.8, 4) is 0 Å². The second kappa shape index (κ2) is 8.08. The SMILES string of the molecule is CC(C)CNCCCN1CCCCCC1C. The summed E-state index contributed by atoms with van der Waals surface area (Å²) in [6.45, 7) is 11.9. The Bertz CT molecular complexity index is 168. The Balaban J connectivity index is 2.06. The van der Waals surface area contributed by atoms with E-state index in [9.17, 15) is 0 Å². The van der Waals surface area contributed by atoms with E-state index in [1.165, 1.54) is 51.7 Å². The normalized spacial score (nSPS) is 23.6. The van der Waals surface area contributed by atoms with E-state index in [1.54, 1.807) is 0 Å². The lowest BCUT2D eigenvalue weighted by Gasteiger charge is -2.26. The molecule has 16 heavy (non-hydrogen) atoms. The van der Waals surface area contributed by atoms with Crippen molar-refractivity contribution in [2.24, 2.45) is 5.92 Å². The molecule has 0 radical (unpaired) electrons. The average molecular weight is 226 g/mol. The predicted molar refractivity (Wildman–Crippen MR) is 71.8 cm³/mol. The summed E-state index contributed by atoms with van der Waals surface area (Å²) in [5.41, 5.74) is 0. The topological polar surface area (TPSA) is 15.3 Å². The van der Waals surface area contributed by atoms with Crippen molar-refractivity contribution in [2.45, 2.75) is 58.9 Å². The summed E-state index contributed by atoms with van der Waals surface area (Å²) < 4.78 is 0. The average Bonchev–Trinajstić information content (AvgIpc) is 2.43. The maximum atomic E-state index is 3.53. The molecule has 96 valence electrons. The molecule has 0 saturated carbocycles. The van der Waals surface area contributed by atoms with Gasteiger partial charge in [-0.25, -0.2) is 0 Å². The predicted octanol–water partition coefficient (Wildman–Crippen LogP) is 2.89. The van der Waals surface area contributed by atoms with Crippen LogP contribution >= 0.6 is 0 Å². The van der Waals surface area contributed by atoms with Gasteiger partial charge in [0.1, 0.15) is 0 Å². The van der Waals surface area contributed by atoms with Gasteiger partial charge in [0, 0.05) is 6.04 Å². The molecule has 1 unspecified atom stereocenters. The van der Waals surface area contributed by atoms with Crippen LogP contribution in [0, 0.1) is 5.92 Å². The molecule has 0 amide bonds. The fraction of sp³-hybridized carbons (Fsp3) is 1.00. The van der Waals surface area contributed by atoms with Crippen molar-refractivity contribution in [3.63, 3.8) is 0 Å². The quantitative estimate of drug-likeness (QED) is 0.701. The Kier molecular flexibility index (Phi) is 7.06. The molecule has 1 saturated heterocycles. The molecular formula is C14H30N2. The molecule has 1 heterocycles. The zero-order valence-corrected chi connectivity index (χ0v) is 11.5. The standard InChI is InChI=1S/C14H30N2/c1-13(2)12-15-9-7-11-16-10-6-4-5-8-14(16)3/h13-15H,4-12H2,1-3H3. The minimum atomic E-state index is 0.775. The first-order valence-corrected chi connectivity index (χ1v) is 7.15. The van der Waals surface area contributed by atoms with Gasteiger partial charge in [0.15, 0.2) is 0 Å². The van der Waals surface area contributed by atoms with E-state index < -0.39 is 0 Å². The minimum absolute atomic E-state index is 0.775. The number of likely N-dealkylation sites (tertiary alicyclic amines) is 1. The third-order valence-corrected chi connectivity index (χ3v) is 3.54. The molecular weight excluding hydrogens is 196 g/mol. The van der Waals surface area contributed by atoms with Gasteiger partial charge in [-0.2, -0.15) is 0 Å². The zero-order valence-electron chi connectivity index (χ0n) is 11.5. The van der Waals surface area contributed by atoms with E-state index in [1.807, 2.05) is 0 Å². The first-order valence-electron chi connectivity index (χ1n) is 7.15. The molecule has 2 heteroatoms. The van der Waals surface area contributed by atoms with Crippen LogP contribution in [-0.4, -0.2) is 37.1 Å². The zero-order chi connectivity index (χ0) is 11.8. The highest BCUT2D eigenvalue weighted by molar-refractivity contribution is 4.71. The smallest absolute Gasteiger partial charge is 0.00669 e. The first kappa shape index (κ1) is 14.0. The van der Waals surface area contributed by atoms with Gasteiger partial charge in [0.2, 0.25) is 0 Å². The van der Waals surface area contributed by atoms with E-state index in [0.29, 0.717) is 0 Å². The number of rotatable bonds is 6. The maximum absolute atomic E-state index is 3.53. The Morgan fingerprint density at radius 1 is 1.25 bits per heavy atom. The molecule has 1 N–H and O–H groups in total. The largest absolute Gasteiger partial charge is 0.316 e. The van der Waals surface area contributed by atoms with Crippen LogP contribution in [0.5, 0.6) is 0 Å². The van der Waals surface area contributed by atoms with Crippen molar-refractivity contribution in [1.82, 2.24) is 10.2 Å². The number of nitrogens with zero attached hydrogens (tertiary/aromatic N) is 1. The molecule has 0 bridgehead atoms. The Hall–Kier alpha value is -0.0800. The summed E-state index contributed by atoms with van der Waals surface area (Å²) in [4.78, 5) is 2.68. The Morgan fingerprint density at radius 2 is 2.06 bits per heavy atom. The summed E-state index contributed by atoms with van der Waals surface area (Å²) in [5, 5.41) is 3.53. The minimum Gasteiger partial charge on any atom is -0.316 e. The van der Waals surface area contributed by atoms with E-state index in [-0.39, 0.29) is 0 Å². The van der Waals surface area contributed by atoms with Gasteiger partial charge in [0.25, 0.3) is 0 Å². The molecule has 0 aromatic heterocycles. The van der Waals surface area contributed by atoms with Crippen LogP contribution < -0.4 is 5.32 Å². The molecule has 1 aliphatic heterocycles. The van der Waals surface area contributed by atoms with E-state index >= 15 is 0 Å². The van der Waals surface area contributed by atoms with Crippen molar-refractivity contribution in [3.05, 3.63) is 0 Å². The highest BCUT2D eigenvalue weighted by atomic mass is 15.1. The van der Waals surface area contributed by atoms with Crippen molar-refractivity contribution in [1.29, 1.82) is 0 Å². The molecule has 0 aliphatic carbocycles. The number of hydrogen-bond donors (Lipinski definition) is 1. The summed E-state index contributed by atoms with van der Waals surface area (Å²) in [6.07, 6.45) is 6.98. The van der Waals surface area contributed by atoms with Crippen LogP contribution in [0.25, 0.3) is 0 Å². The van der Waals surface area contributed by atoms with Gasteiger partial charge in [-0.15, -0.1) is 0 Å². The van der Waals surface area contributed by atoms with Gasteiger partial charge in [-0.05, 0) is 58.3 Å². The van der Waals surface area contributed by atoms with Crippen LogP contribution in [0.1, 0.15) is 52.9 Å². The van der Waals surface area contributed by atoms with Crippen LogP contribution in [0.15, 0.2) is 0 Å². The second-order valence-corrected chi connectivity index (χ2v) is 5.69. The third-order valence-electron chi connectivity index (χ3n) is 3.54. The Labute approximate surface area is 102 Å². The lowest BCUT2D eigenvalue weighted by molar-refractivity contribution is 0.210. The van der Waals surface area contributed by atoms with Gasteiger partial charge >= 0.3 is 0 Å². The fourth-order valence-corrected chi connectivity index (χ4v) is 2.46. The summed E-state index contributed by atoms with van der Waals surface area (Å²) in [5.74, 6) is 0.775. The van der Waals surface area contributed by atoms with E-state index in [0.717, 1.165) is 18.5 Å². The molecule has 1 aliphatic rings. The van der Waals surface area contributed by atoms with Crippen molar-refractivity contribution in [2.75, 3.05) is 26.2 Å². The van der Waals surface area contributed by atoms with Gasteiger partial charge in [-0.1, -0.05) is 26.7 Å². The lowest BCUT2D eigenvalue weighted by Crippen LogP contribution is -2.35. The lowest BCUT2D eigenvalue weighted by atomic mass is 10.1. The molecule has 1 rings (SSSR count). The summed E-state index contributed by atoms with van der Waals surface area (Å²) in [6, 6.07) is 0.813.